The third-order valence-electron chi connectivity index (χ3n) is 2.81. The predicted molar refractivity (Wildman–Crippen MR) is 62.0 cm³/mol. The SMILES string of the molecule is CC(N)c1cc(F)cc(N2CCOCC2)c1. The highest BCUT2D eigenvalue weighted by atomic mass is 19.1. The van der Waals surface area contributed by atoms with E-state index >= 15 is 0 Å². The van der Waals surface area contributed by atoms with Crippen LogP contribution in [-0.2, 0) is 4.74 Å². The van der Waals surface area contributed by atoms with E-state index < -0.39 is 0 Å². The normalized spacial score (nSPS) is 18.6. The van der Waals surface area contributed by atoms with Gasteiger partial charge in [-0.25, -0.2) is 4.39 Å². The molecule has 0 saturated carbocycles. The molecule has 0 radical (unpaired) electrons. The molecule has 4 heteroatoms. The first-order valence-corrected chi connectivity index (χ1v) is 5.55. The molecule has 0 spiro atoms. The fraction of sp³-hybridized carbons (Fsp3) is 0.500. The van der Waals surface area contributed by atoms with Gasteiger partial charge in [0.05, 0.1) is 13.2 Å². The summed E-state index contributed by atoms with van der Waals surface area (Å²) >= 11 is 0. The monoisotopic (exact) mass is 224 g/mol. The van der Waals surface area contributed by atoms with Crippen LogP contribution in [-0.4, -0.2) is 26.3 Å². The summed E-state index contributed by atoms with van der Waals surface area (Å²) in [6.45, 7) is 4.87. The molecule has 1 aliphatic heterocycles. The van der Waals surface area contributed by atoms with Crippen molar-refractivity contribution in [1.29, 1.82) is 0 Å². The number of anilines is 1. The molecule has 1 aromatic carbocycles. The molecule has 2 N–H and O–H groups in total. The minimum absolute atomic E-state index is 0.143. The van der Waals surface area contributed by atoms with Crippen molar-refractivity contribution in [3.8, 4) is 0 Å². The van der Waals surface area contributed by atoms with Crippen molar-refractivity contribution in [3.63, 3.8) is 0 Å². The van der Waals surface area contributed by atoms with E-state index in [2.05, 4.69) is 4.90 Å². The zero-order valence-corrected chi connectivity index (χ0v) is 9.45. The molecule has 1 aliphatic rings. The number of hydrogen-bond donors (Lipinski definition) is 1. The van der Waals surface area contributed by atoms with Gasteiger partial charge in [0, 0.05) is 24.8 Å². The van der Waals surface area contributed by atoms with Crippen molar-refractivity contribution in [1.82, 2.24) is 0 Å². The Hall–Kier alpha value is -1.13. The molecule has 1 fully saturated rings. The molecule has 88 valence electrons. The number of morpholine rings is 1. The summed E-state index contributed by atoms with van der Waals surface area (Å²) in [7, 11) is 0. The number of ether oxygens (including phenoxy) is 1. The molecule has 0 bridgehead atoms. The molecule has 0 amide bonds. The van der Waals surface area contributed by atoms with Gasteiger partial charge in [0.15, 0.2) is 0 Å². The Morgan fingerprint density at radius 3 is 2.62 bits per heavy atom. The summed E-state index contributed by atoms with van der Waals surface area (Å²) in [4.78, 5) is 2.12. The van der Waals surface area contributed by atoms with E-state index in [0.717, 1.165) is 24.3 Å². The van der Waals surface area contributed by atoms with Crippen LogP contribution in [0.2, 0.25) is 0 Å². The summed E-state index contributed by atoms with van der Waals surface area (Å²) in [6, 6.07) is 4.86. The van der Waals surface area contributed by atoms with Crippen LogP contribution in [0.5, 0.6) is 0 Å². The molecule has 2 rings (SSSR count). The van der Waals surface area contributed by atoms with Gasteiger partial charge in [-0.3, -0.25) is 0 Å². The second kappa shape index (κ2) is 4.80. The summed E-state index contributed by atoms with van der Waals surface area (Å²) in [5.41, 5.74) is 7.50. The highest BCUT2D eigenvalue weighted by Gasteiger charge is 2.13. The molecule has 1 atom stereocenters. The van der Waals surface area contributed by atoms with E-state index in [9.17, 15) is 4.39 Å². The number of nitrogens with two attached hydrogens (primary N) is 1. The Balaban J connectivity index is 2.25. The maximum absolute atomic E-state index is 13.4. The van der Waals surface area contributed by atoms with Crippen molar-refractivity contribution >= 4 is 5.69 Å². The fourth-order valence-electron chi connectivity index (χ4n) is 1.86. The molecule has 0 aromatic heterocycles. The van der Waals surface area contributed by atoms with E-state index in [-0.39, 0.29) is 11.9 Å². The van der Waals surface area contributed by atoms with E-state index in [4.69, 9.17) is 10.5 Å². The summed E-state index contributed by atoms with van der Waals surface area (Å²) in [6.07, 6.45) is 0. The lowest BCUT2D eigenvalue weighted by molar-refractivity contribution is 0.122. The lowest BCUT2D eigenvalue weighted by Gasteiger charge is -2.29. The van der Waals surface area contributed by atoms with Crippen LogP contribution in [0.25, 0.3) is 0 Å². The highest BCUT2D eigenvalue weighted by Crippen LogP contribution is 2.22. The molecule has 1 unspecified atom stereocenters. The number of nitrogens with zero attached hydrogens (tertiary/aromatic N) is 1. The van der Waals surface area contributed by atoms with Gasteiger partial charge in [0.1, 0.15) is 5.82 Å². The zero-order chi connectivity index (χ0) is 11.5. The van der Waals surface area contributed by atoms with E-state index in [0.29, 0.717) is 13.2 Å². The molecular formula is C12H17FN2O. The molecule has 3 nitrogen and oxygen atoms in total. The predicted octanol–water partition coefficient (Wildman–Crippen LogP) is 1.68. The minimum atomic E-state index is -0.226. The van der Waals surface area contributed by atoms with Crippen molar-refractivity contribution in [2.75, 3.05) is 31.2 Å². The summed E-state index contributed by atoms with van der Waals surface area (Å²) in [5.74, 6) is -0.226. The van der Waals surface area contributed by atoms with Crippen LogP contribution in [0.15, 0.2) is 18.2 Å². The molecule has 16 heavy (non-hydrogen) atoms. The smallest absolute Gasteiger partial charge is 0.125 e. The topological polar surface area (TPSA) is 38.5 Å². The quantitative estimate of drug-likeness (QED) is 0.830. The van der Waals surface area contributed by atoms with Gasteiger partial charge in [-0.1, -0.05) is 0 Å². The zero-order valence-electron chi connectivity index (χ0n) is 9.45. The highest BCUT2D eigenvalue weighted by molar-refractivity contribution is 5.50. The second-order valence-electron chi connectivity index (χ2n) is 4.13. The van der Waals surface area contributed by atoms with Crippen molar-refractivity contribution in [3.05, 3.63) is 29.6 Å². The van der Waals surface area contributed by atoms with Crippen LogP contribution >= 0.6 is 0 Å². The second-order valence-corrected chi connectivity index (χ2v) is 4.13. The number of halogens is 1. The summed E-state index contributed by atoms with van der Waals surface area (Å²) in [5, 5.41) is 0. The van der Waals surface area contributed by atoms with E-state index in [1.807, 2.05) is 13.0 Å². The average molecular weight is 224 g/mol. The first kappa shape index (κ1) is 11.4. The molecule has 0 aliphatic carbocycles. The third-order valence-corrected chi connectivity index (χ3v) is 2.81. The third kappa shape index (κ3) is 2.51. The van der Waals surface area contributed by atoms with Crippen LogP contribution in [0.3, 0.4) is 0 Å². The maximum atomic E-state index is 13.4. The average Bonchev–Trinajstić information content (AvgIpc) is 2.29. The molecule has 1 heterocycles. The Morgan fingerprint density at radius 1 is 1.31 bits per heavy atom. The first-order chi connectivity index (χ1) is 7.66. The number of hydrogen-bond acceptors (Lipinski definition) is 3. The molecular weight excluding hydrogens is 207 g/mol. The van der Waals surface area contributed by atoms with Gasteiger partial charge in [-0.05, 0) is 30.7 Å². The molecule has 1 saturated heterocycles. The summed E-state index contributed by atoms with van der Waals surface area (Å²) < 4.78 is 18.7. The Labute approximate surface area is 95.0 Å². The van der Waals surface area contributed by atoms with Crippen molar-refractivity contribution in [2.45, 2.75) is 13.0 Å². The van der Waals surface area contributed by atoms with Crippen molar-refractivity contribution in [2.24, 2.45) is 5.73 Å². The van der Waals surface area contributed by atoms with Crippen LogP contribution < -0.4 is 10.6 Å². The largest absolute Gasteiger partial charge is 0.378 e. The fourth-order valence-corrected chi connectivity index (χ4v) is 1.86. The van der Waals surface area contributed by atoms with Gasteiger partial charge >= 0.3 is 0 Å². The van der Waals surface area contributed by atoms with Crippen LogP contribution in [0, 0.1) is 5.82 Å². The van der Waals surface area contributed by atoms with E-state index in [1.54, 1.807) is 6.07 Å². The van der Waals surface area contributed by atoms with Crippen molar-refractivity contribution < 1.29 is 9.13 Å². The first-order valence-electron chi connectivity index (χ1n) is 5.55. The minimum Gasteiger partial charge on any atom is -0.378 e. The van der Waals surface area contributed by atoms with E-state index in [1.165, 1.54) is 6.07 Å². The van der Waals surface area contributed by atoms with Crippen LogP contribution in [0.1, 0.15) is 18.5 Å². The Bertz CT molecular complexity index is 362. The number of benzene rings is 1. The standard InChI is InChI=1S/C12H17FN2O/c1-9(14)10-6-11(13)8-12(7-10)15-2-4-16-5-3-15/h6-9H,2-5,14H2,1H3. The van der Waals surface area contributed by atoms with Gasteiger partial charge < -0.3 is 15.4 Å². The van der Waals surface area contributed by atoms with Gasteiger partial charge in [0.25, 0.3) is 0 Å². The Morgan fingerprint density at radius 2 is 2.00 bits per heavy atom. The lowest BCUT2D eigenvalue weighted by atomic mass is 10.1. The van der Waals surface area contributed by atoms with Gasteiger partial charge in [-0.15, -0.1) is 0 Å². The number of rotatable bonds is 2. The van der Waals surface area contributed by atoms with Gasteiger partial charge in [0.2, 0.25) is 0 Å². The van der Waals surface area contributed by atoms with Crippen LogP contribution in [0.4, 0.5) is 10.1 Å². The van der Waals surface area contributed by atoms with Gasteiger partial charge in [-0.2, -0.15) is 0 Å². The molecule has 1 aromatic rings. The maximum Gasteiger partial charge on any atom is 0.125 e. The Kier molecular flexibility index (Phi) is 3.41. The lowest BCUT2D eigenvalue weighted by Crippen LogP contribution is -2.36.